The standard InChI is InChI=1S/C12H4Cl6O2S2/c13-5-1-7(15)11(8(16)2-5)20-22(19,21)12-9(17)3-6(14)4-10(12)18/h1-4H. The molecule has 1 atom stereocenters. The van der Waals surface area contributed by atoms with Crippen LogP contribution in [0.3, 0.4) is 0 Å². The monoisotopic (exact) mass is 454 g/mol. The van der Waals surface area contributed by atoms with Crippen LogP contribution in [-0.4, -0.2) is 4.21 Å². The zero-order valence-electron chi connectivity index (χ0n) is 10.2. The quantitative estimate of drug-likeness (QED) is 0.513. The van der Waals surface area contributed by atoms with E-state index in [2.05, 4.69) is 0 Å². The van der Waals surface area contributed by atoms with Crippen LogP contribution in [0.1, 0.15) is 0 Å². The molecule has 2 rings (SSSR count). The van der Waals surface area contributed by atoms with Crippen LogP contribution >= 0.6 is 69.6 Å². The molecule has 0 amide bonds. The van der Waals surface area contributed by atoms with E-state index in [0.717, 1.165) is 0 Å². The minimum atomic E-state index is -3.55. The second-order valence-corrected chi connectivity index (χ2v) is 9.24. The van der Waals surface area contributed by atoms with Crippen molar-refractivity contribution in [2.24, 2.45) is 0 Å². The van der Waals surface area contributed by atoms with Gasteiger partial charge in [-0.1, -0.05) is 69.6 Å². The molecule has 10 heteroatoms. The van der Waals surface area contributed by atoms with Gasteiger partial charge < -0.3 is 4.18 Å². The summed E-state index contributed by atoms with van der Waals surface area (Å²) in [7, 11) is -3.55. The van der Waals surface area contributed by atoms with E-state index < -0.39 is 8.77 Å². The van der Waals surface area contributed by atoms with Gasteiger partial charge >= 0.3 is 0 Å². The Kier molecular flexibility index (Phi) is 6.01. The number of halogens is 6. The summed E-state index contributed by atoms with van der Waals surface area (Å²) in [4.78, 5) is -0.0719. The fourth-order valence-electron chi connectivity index (χ4n) is 1.53. The summed E-state index contributed by atoms with van der Waals surface area (Å²) in [6, 6.07) is 5.45. The molecule has 1 unspecified atom stereocenters. The second-order valence-electron chi connectivity index (χ2n) is 3.93. The average Bonchev–Trinajstić information content (AvgIpc) is 2.31. The largest absolute Gasteiger partial charge is 0.394 e. The van der Waals surface area contributed by atoms with Crippen molar-refractivity contribution in [1.82, 2.24) is 0 Å². The maximum absolute atomic E-state index is 12.7. The molecular weight excluding hydrogens is 453 g/mol. The lowest BCUT2D eigenvalue weighted by Gasteiger charge is -2.15. The van der Waals surface area contributed by atoms with Crippen molar-refractivity contribution < 1.29 is 8.39 Å². The zero-order chi connectivity index (χ0) is 16.7. The number of hydrogen-bond acceptors (Lipinski definition) is 3. The van der Waals surface area contributed by atoms with Gasteiger partial charge in [0, 0.05) is 21.2 Å². The summed E-state index contributed by atoms with van der Waals surface area (Å²) in [6.07, 6.45) is 0. The first-order valence-electron chi connectivity index (χ1n) is 5.35. The molecule has 0 heterocycles. The lowest BCUT2D eigenvalue weighted by molar-refractivity contribution is 0.560. The zero-order valence-corrected chi connectivity index (χ0v) is 16.4. The molecule has 0 aromatic heterocycles. The van der Waals surface area contributed by atoms with Crippen LogP contribution in [0.25, 0.3) is 0 Å². The second kappa shape index (κ2) is 7.08. The van der Waals surface area contributed by atoms with Crippen molar-refractivity contribution in [2.45, 2.75) is 4.90 Å². The van der Waals surface area contributed by atoms with E-state index in [1.807, 2.05) is 0 Å². The van der Waals surface area contributed by atoms with Gasteiger partial charge in [-0.2, -0.15) is 0 Å². The first kappa shape index (κ1) is 18.7. The van der Waals surface area contributed by atoms with E-state index >= 15 is 0 Å². The third kappa shape index (κ3) is 4.05. The molecule has 22 heavy (non-hydrogen) atoms. The Morgan fingerprint density at radius 3 is 1.55 bits per heavy atom. The SMILES string of the molecule is O=S(=S)(Oc1c(Cl)cc(Cl)cc1Cl)c1c(Cl)cc(Cl)cc1Cl. The molecular formula is C12H4Cl6O2S2. The lowest BCUT2D eigenvalue weighted by Crippen LogP contribution is -2.10. The maximum atomic E-state index is 12.7. The Bertz CT molecular complexity index is 805. The first-order chi connectivity index (χ1) is 10.1. The molecule has 2 aromatic carbocycles. The average molecular weight is 457 g/mol. The summed E-state index contributed by atoms with van der Waals surface area (Å²) in [6.45, 7) is 0. The minimum absolute atomic E-state index is 0.0127. The molecule has 0 N–H and O–H groups in total. The van der Waals surface area contributed by atoms with E-state index in [-0.39, 0.29) is 35.8 Å². The van der Waals surface area contributed by atoms with Gasteiger partial charge in [-0.25, -0.2) is 4.21 Å². The highest BCUT2D eigenvalue weighted by Crippen LogP contribution is 2.40. The van der Waals surface area contributed by atoms with Crippen LogP contribution in [0.2, 0.25) is 30.1 Å². The van der Waals surface area contributed by atoms with Crippen molar-refractivity contribution in [2.75, 3.05) is 0 Å². The topological polar surface area (TPSA) is 26.3 Å². The fraction of sp³-hybridized carbons (Fsp3) is 0. The van der Waals surface area contributed by atoms with E-state index in [9.17, 15) is 4.21 Å². The number of hydrogen-bond donors (Lipinski definition) is 0. The molecule has 0 aliphatic rings. The number of benzene rings is 2. The van der Waals surface area contributed by atoms with Gasteiger partial charge in [-0.15, -0.1) is 0 Å². The molecule has 0 aliphatic heterocycles. The Hall–Kier alpha value is 0.350. The molecule has 0 spiro atoms. The van der Waals surface area contributed by atoms with Crippen LogP contribution in [0.5, 0.6) is 5.75 Å². The Morgan fingerprint density at radius 1 is 0.773 bits per heavy atom. The van der Waals surface area contributed by atoms with Gasteiger partial charge in [0.15, 0.2) is 5.75 Å². The lowest BCUT2D eigenvalue weighted by atomic mass is 10.3. The third-order valence-electron chi connectivity index (χ3n) is 2.37. The number of rotatable bonds is 3. The highest BCUT2D eigenvalue weighted by Gasteiger charge is 2.23. The van der Waals surface area contributed by atoms with Crippen LogP contribution in [0.4, 0.5) is 0 Å². The highest BCUT2D eigenvalue weighted by molar-refractivity contribution is 8.30. The summed E-state index contributed by atoms with van der Waals surface area (Å²) in [5.74, 6) is -0.0742. The summed E-state index contributed by atoms with van der Waals surface area (Å²) >= 11 is 40.6. The summed E-state index contributed by atoms with van der Waals surface area (Å²) in [5, 5.41) is 0.692. The Balaban J connectivity index is 2.55. The van der Waals surface area contributed by atoms with Crippen molar-refractivity contribution in [3.05, 3.63) is 54.4 Å². The van der Waals surface area contributed by atoms with Crippen LogP contribution in [0, 0.1) is 0 Å². The smallest absolute Gasteiger partial charge is 0.218 e. The van der Waals surface area contributed by atoms with Crippen LogP contribution in [0.15, 0.2) is 29.2 Å². The molecule has 118 valence electrons. The van der Waals surface area contributed by atoms with Gasteiger partial charge in [0.2, 0.25) is 8.77 Å². The Labute approximate surface area is 162 Å². The van der Waals surface area contributed by atoms with Gasteiger partial charge in [0.1, 0.15) is 4.90 Å². The van der Waals surface area contributed by atoms with E-state index in [1.165, 1.54) is 24.3 Å². The van der Waals surface area contributed by atoms with Gasteiger partial charge in [-0.3, -0.25) is 0 Å². The van der Waals surface area contributed by atoms with Crippen molar-refractivity contribution in [1.29, 1.82) is 0 Å². The molecule has 0 bridgehead atoms. The molecule has 0 aliphatic carbocycles. The van der Waals surface area contributed by atoms with Crippen molar-refractivity contribution in [3.8, 4) is 5.75 Å². The fourth-order valence-corrected chi connectivity index (χ4v) is 6.03. The van der Waals surface area contributed by atoms with E-state index in [0.29, 0.717) is 5.02 Å². The van der Waals surface area contributed by atoms with E-state index in [4.69, 9.17) is 85.0 Å². The molecule has 0 saturated heterocycles. The Morgan fingerprint density at radius 2 is 1.14 bits per heavy atom. The molecule has 0 radical (unpaired) electrons. The normalized spacial score (nSPS) is 13.7. The van der Waals surface area contributed by atoms with Gasteiger partial charge in [0.25, 0.3) is 0 Å². The molecule has 0 fully saturated rings. The first-order valence-corrected chi connectivity index (χ1v) is 10.0. The van der Waals surface area contributed by atoms with Gasteiger partial charge in [0.05, 0.1) is 20.1 Å². The predicted molar refractivity (Wildman–Crippen MR) is 97.3 cm³/mol. The highest BCUT2D eigenvalue weighted by atomic mass is 35.5. The summed E-state index contributed by atoms with van der Waals surface area (Å²) in [5.41, 5.74) is 0. The van der Waals surface area contributed by atoms with Gasteiger partial charge in [-0.05, 0) is 24.3 Å². The van der Waals surface area contributed by atoms with Crippen molar-refractivity contribution >= 4 is 89.6 Å². The maximum Gasteiger partial charge on any atom is 0.218 e. The molecule has 2 nitrogen and oxygen atoms in total. The molecule has 2 aromatic rings. The third-order valence-corrected chi connectivity index (χ3v) is 6.22. The molecule has 0 saturated carbocycles. The minimum Gasteiger partial charge on any atom is -0.394 e. The van der Waals surface area contributed by atoms with Crippen LogP contribution in [-0.2, 0) is 20.0 Å². The van der Waals surface area contributed by atoms with Crippen molar-refractivity contribution in [3.63, 3.8) is 0 Å². The summed E-state index contributed by atoms with van der Waals surface area (Å²) < 4.78 is 18.0. The predicted octanol–water partition coefficient (Wildman–Crippen LogP) is 6.71. The van der Waals surface area contributed by atoms with E-state index in [1.54, 1.807) is 0 Å². The van der Waals surface area contributed by atoms with Crippen LogP contribution < -0.4 is 4.18 Å².